The van der Waals surface area contributed by atoms with Crippen molar-refractivity contribution in [2.75, 3.05) is 6.54 Å². The van der Waals surface area contributed by atoms with Crippen LogP contribution in [0.25, 0.3) is 0 Å². The third-order valence-electron chi connectivity index (χ3n) is 3.23. The SMILES string of the molecule is Cc1cccc(C(=O)NCCc2ccc(S(N)(=O)=O)cc2)c1. The van der Waals surface area contributed by atoms with Crippen LogP contribution in [0.3, 0.4) is 0 Å². The molecule has 0 atom stereocenters. The van der Waals surface area contributed by atoms with Gasteiger partial charge in [-0.3, -0.25) is 4.79 Å². The Morgan fingerprint density at radius 3 is 2.41 bits per heavy atom. The number of sulfonamides is 1. The first-order valence-electron chi connectivity index (χ1n) is 6.83. The monoisotopic (exact) mass is 318 g/mol. The highest BCUT2D eigenvalue weighted by Gasteiger charge is 2.07. The summed E-state index contributed by atoms with van der Waals surface area (Å²) in [5.41, 5.74) is 2.59. The lowest BCUT2D eigenvalue weighted by molar-refractivity contribution is 0.0954. The smallest absolute Gasteiger partial charge is 0.251 e. The summed E-state index contributed by atoms with van der Waals surface area (Å²) in [5.74, 6) is -0.121. The molecule has 0 saturated heterocycles. The van der Waals surface area contributed by atoms with Crippen molar-refractivity contribution in [3.63, 3.8) is 0 Å². The average molecular weight is 318 g/mol. The van der Waals surface area contributed by atoms with Gasteiger partial charge in [0.05, 0.1) is 4.90 Å². The van der Waals surface area contributed by atoms with Crippen molar-refractivity contribution in [1.82, 2.24) is 5.32 Å². The van der Waals surface area contributed by atoms with Gasteiger partial charge < -0.3 is 5.32 Å². The minimum Gasteiger partial charge on any atom is -0.352 e. The number of hydrogen-bond acceptors (Lipinski definition) is 3. The first-order valence-corrected chi connectivity index (χ1v) is 8.37. The molecular formula is C16H18N2O3S. The van der Waals surface area contributed by atoms with E-state index in [4.69, 9.17) is 5.14 Å². The molecule has 0 aromatic heterocycles. The molecule has 0 saturated carbocycles. The molecule has 2 aromatic rings. The third-order valence-corrected chi connectivity index (χ3v) is 4.16. The van der Waals surface area contributed by atoms with E-state index >= 15 is 0 Å². The Kier molecular flexibility index (Phi) is 4.95. The van der Waals surface area contributed by atoms with E-state index in [0.29, 0.717) is 18.5 Å². The second-order valence-electron chi connectivity index (χ2n) is 5.06. The van der Waals surface area contributed by atoms with Gasteiger partial charge in [0.1, 0.15) is 0 Å². The van der Waals surface area contributed by atoms with Gasteiger partial charge in [-0.25, -0.2) is 13.6 Å². The fraction of sp³-hybridized carbons (Fsp3) is 0.188. The summed E-state index contributed by atoms with van der Waals surface area (Å²) in [7, 11) is -3.66. The van der Waals surface area contributed by atoms with Gasteiger partial charge in [0.15, 0.2) is 0 Å². The molecular weight excluding hydrogens is 300 g/mol. The highest BCUT2D eigenvalue weighted by molar-refractivity contribution is 7.89. The summed E-state index contributed by atoms with van der Waals surface area (Å²) in [6.07, 6.45) is 0.614. The zero-order chi connectivity index (χ0) is 16.2. The van der Waals surface area contributed by atoms with E-state index in [0.717, 1.165) is 11.1 Å². The highest BCUT2D eigenvalue weighted by atomic mass is 32.2. The van der Waals surface area contributed by atoms with Crippen LogP contribution in [0.4, 0.5) is 0 Å². The molecule has 22 heavy (non-hydrogen) atoms. The van der Waals surface area contributed by atoms with Gasteiger partial charge in [0.2, 0.25) is 10.0 Å². The number of nitrogens with two attached hydrogens (primary N) is 1. The lowest BCUT2D eigenvalue weighted by Gasteiger charge is -2.06. The van der Waals surface area contributed by atoms with Crippen LogP contribution in [-0.4, -0.2) is 20.9 Å². The quantitative estimate of drug-likeness (QED) is 0.878. The molecule has 0 fully saturated rings. The van der Waals surface area contributed by atoms with Gasteiger partial charge in [-0.1, -0.05) is 29.8 Å². The van der Waals surface area contributed by atoms with Crippen molar-refractivity contribution < 1.29 is 13.2 Å². The molecule has 0 spiro atoms. The number of hydrogen-bond donors (Lipinski definition) is 2. The minimum absolute atomic E-state index is 0.0834. The van der Waals surface area contributed by atoms with Crippen LogP contribution < -0.4 is 10.5 Å². The van der Waals surface area contributed by atoms with Crippen LogP contribution in [0.15, 0.2) is 53.4 Å². The molecule has 0 radical (unpaired) electrons. The lowest BCUT2D eigenvalue weighted by atomic mass is 10.1. The summed E-state index contributed by atoms with van der Waals surface area (Å²) in [5, 5.41) is 7.88. The summed E-state index contributed by atoms with van der Waals surface area (Å²) in [6, 6.07) is 13.7. The Morgan fingerprint density at radius 2 is 1.82 bits per heavy atom. The normalized spacial score (nSPS) is 11.2. The van der Waals surface area contributed by atoms with Gasteiger partial charge in [0, 0.05) is 12.1 Å². The van der Waals surface area contributed by atoms with Crippen LogP contribution in [0, 0.1) is 6.92 Å². The number of primary sulfonamides is 1. The number of amides is 1. The predicted molar refractivity (Wildman–Crippen MR) is 85.0 cm³/mol. The number of carbonyl (C=O) groups is 1. The van der Waals surface area contributed by atoms with E-state index in [1.54, 1.807) is 18.2 Å². The Balaban J connectivity index is 1.90. The zero-order valence-corrected chi connectivity index (χ0v) is 13.1. The molecule has 0 aliphatic heterocycles. The maximum Gasteiger partial charge on any atom is 0.251 e. The van der Waals surface area contributed by atoms with Crippen LogP contribution in [0.2, 0.25) is 0 Å². The molecule has 0 bridgehead atoms. The highest BCUT2D eigenvalue weighted by Crippen LogP contribution is 2.09. The third kappa shape index (κ3) is 4.41. The maximum atomic E-state index is 12.0. The van der Waals surface area contributed by atoms with Crippen molar-refractivity contribution >= 4 is 15.9 Å². The van der Waals surface area contributed by atoms with Crippen molar-refractivity contribution in [1.29, 1.82) is 0 Å². The average Bonchev–Trinajstić information content (AvgIpc) is 2.47. The van der Waals surface area contributed by atoms with E-state index in [2.05, 4.69) is 5.32 Å². The fourth-order valence-corrected chi connectivity index (χ4v) is 2.57. The van der Waals surface area contributed by atoms with Gasteiger partial charge in [-0.2, -0.15) is 0 Å². The number of carbonyl (C=O) groups excluding carboxylic acids is 1. The predicted octanol–water partition coefficient (Wildman–Crippen LogP) is 1.61. The van der Waals surface area contributed by atoms with Gasteiger partial charge >= 0.3 is 0 Å². The summed E-state index contributed by atoms with van der Waals surface area (Å²) < 4.78 is 22.3. The van der Waals surface area contributed by atoms with Crippen molar-refractivity contribution in [2.24, 2.45) is 5.14 Å². The molecule has 6 heteroatoms. The Morgan fingerprint density at radius 1 is 1.14 bits per heavy atom. The van der Waals surface area contributed by atoms with Crippen LogP contribution in [0.1, 0.15) is 21.5 Å². The van der Waals surface area contributed by atoms with Gasteiger partial charge in [-0.15, -0.1) is 0 Å². The molecule has 0 unspecified atom stereocenters. The van der Waals surface area contributed by atoms with E-state index in [-0.39, 0.29) is 10.8 Å². The largest absolute Gasteiger partial charge is 0.352 e. The summed E-state index contributed by atoms with van der Waals surface area (Å²) in [6.45, 7) is 2.41. The van der Waals surface area contributed by atoms with Gasteiger partial charge in [0.25, 0.3) is 5.91 Å². The number of benzene rings is 2. The van der Waals surface area contributed by atoms with Gasteiger partial charge in [-0.05, 0) is 43.2 Å². The Hall–Kier alpha value is -2.18. The summed E-state index contributed by atoms with van der Waals surface area (Å²) in [4.78, 5) is 12.0. The van der Waals surface area contributed by atoms with Crippen LogP contribution in [-0.2, 0) is 16.4 Å². The van der Waals surface area contributed by atoms with Crippen LogP contribution in [0.5, 0.6) is 0 Å². The van der Waals surface area contributed by atoms with Crippen LogP contribution >= 0.6 is 0 Å². The fourth-order valence-electron chi connectivity index (χ4n) is 2.05. The molecule has 0 heterocycles. The first kappa shape index (κ1) is 16.2. The molecule has 116 valence electrons. The first-order chi connectivity index (χ1) is 10.4. The second kappa shape index (κ2) is 6.72. The Labute approximate surface area is 130 Å². The number of rotatable bonds is 5. The molecule has 1 amide bonds. The topological polar surface area (TPSA) is 89.3 Å². The van der Waals surface area contributed by atoms with Crippen molar-refractivity contribution in [3.05, 3.63) is 65.2 Å². The number of nitrogens with one attached hydrogen (secondary N) is 1. The summed E-state index contributed by atoms with van der Waals surface area (Å²) >= 11 is 0. The van der Waals surface area contributed by atoms with Crippen molar-refractivity contribution in [3.8, 4) is 0 Å². The molecule has 0 aliphatic carbocycles. The minimum atomic E-state index is -3.66. The molecule has 0 aliphatic rings. The van der Waals surface area contributed by atoms with Crippen molar-refractivity contribution in [2.45, 2.75) is 18.2 Å². The molecule has 3 N–H and O–H groups in total. The zero-order valence-electron chi connectivity index (χ0n) is 12.2. The van der Waals surface area contributed by atoms with E-state index in [1.165, 1.54) is 12.1 Å². The van der Waals surface area contributed by atoms with E-state index in [9.17, 15) is 13.2 Å². The van der Waals surface area contributed by atoms with E-state index in [1.807, 2.05) is 25.1 Å². The molecule has 5 nitrogen and oxygen atoms in total. The lowest BCUT2D eigenvalue weighted by Crippen LogP contribution is -2.25. The molecule has 2 rings (SSSR count). The number of aryl methyl sites for hydroxylation is 1. The standard InChI is InChI=1S/C16H18N2O3S/c1-12-3-2-4-14(11-12)16(19)18-10-9-13-5-7-15(8-6-13)22(17,20)21/h2-8,11H,9-10H2,1H3,(H,18,19)(H2,17,20,21). The Bertz CT molecular complexity index is 768. The second-order valence-corrected chi connectivity index (χ2v) is 6.63. The maximum absolute atomic E-state index is 12.0. The molecule has 2 aromatic carbocycles. The van der Waals surface area contributed by atoms with E-state index < -0.39 is 10.0 Å².